The van der Waals surface area contributed by atoms with Crippen LogP contribution < -0.4 is 0 Å². The third-order valence-electron chi connectivity index (χ3n) is 3.40. The van der Waals surface area contributed by atoms with Crippen molar-refractivity contribution in [2.75, 3.05) is 0 Å². The molecule has 2 rings (SSSR count). The fourth-order valence-electron chi connectivity index (χ4n) is 2.26. The van der Waals surface area contributed by atoms with E-state index in [0.717, 1.165) is 0 Å². The van der Waals surface area contributed by atoms with Crippen molar-refractivity contribution < 1.29 is 0 Å². The predicted molar refractivity (Wildman–Crippen MR) is 66.4 cm³/mol. The SMILES string of the molecule is CCC(C)c1cn(C)c2cccc(C)c12. The summed E-state index contributed by atoms with van der Waals surface area (Å²) < 4.78 is 2.24. The molecule has 0 aliphatic heterocycles. The van der Waals surface area contributed by atoms with Gasteiger partial charge >= 0.3 is 0 Å². The molecule has 1 nitrogen and oxygen atoms in total. The van der Waals surface area contributed by atoms with Gasteiger partial charge in [0.1, 0.15) is 0 Å². The van der Waals surface area contributed by atoms with Crippen molar-refractivity contribution in [1.29, 1.82) is 0 Å². The molecule has 0 saturated heterocycles. The molecule has 1 atom stereocenters. The van der Waals surface area contributed by atoms with Gasteiger partial charge in [0.2, 0.25) is 0 Å². The van der Waals surface area contributed by atoms with Crippen LogP contribution in [-0.2, 0) is 7.05 Å². The number of aromatic nitrogens is 1. The molecule has 0 aliphatic carbocycles. The van der Waals surface area contributed by atoms with E-state index in [4.69, 9.17) is 0 Å². The van der Waals surface area contributed by atoms with Gasteiger partial charge in [-0.1, -0.05) is 26.0 Å². The molecule has 0 aliphatic rings. The van der Waals surface area contributed by atoms with Crippen molar-refractivity contribution >= 4 is 10.9 Å². The average Bonchev–Trinajstić information content (AvgIpc) is 2.57. The molecule has 0 amide bonds. The van der Waals surface area contributed by atoms with E-state index in [1.807, 2.05) is 0 Å². The van der Waals surface area contributed by atoms with Gasteiger partial charge in [-0.2, -0.15) is 0 Å². The molecule has 0 radical (unpaired) electrons. The van der Waals surface area contributed by atoms with Gasteiger partial charge in [0, 0.05) is 24.1 Å². The maximum atomic E-state index is 2.31. The maximum Gasteiger partial charge on any atom is 0.0483 e. The van der Waals surface area contributed by atoms with Crippen LogP contribution in [0.15, 0.2) is 24.4 Å². The van der Waals surface area contributed by atoms with Crippen molar-refractivity contribution in [3.05, 3.63) is 35.5 Å². The molecule has 0 N–H and O–H groups in total. The summed E-state index contributed by atoms with van der Waals surface area (Å²) in [5, 5.41) is 1.45. The van der Waals surface area contributed by atoms with E-state index in [1.54, 1.807) is 0 Å². The van der Waals surface area contributed by atoms with Gasteiger partial charge in [-0.05, 0) is 36.5 Å². The summed E-state index contributed by atoms with van der Waals surface area (Å²) in [6.07, 6.45) is 3.49. The van der Waals surface area contributed by atoms with E-state index >= 15 is 0 Å². The standard InChI is InChI=1S/C14H19N/c1-5-10(2)12-9-15(4)13-8-6-7-11(3)14(12)13/h6-10H,5H2,1-4H3. The maximum absolute atomic E-state index is 2.31. The lowest BCUT2D eigenvalue weighted by atomic mass is 9.96. The Morgan fingerprint density at radius 3 is 2.73 bits per heavy atom. The first-order chi connectivity index (χ1) is 7.15. The van der Waals surface area contributed by atoms with Gasteiger partial charge in [-0.3, -0.25) is 0 Å². The van der Waals surface area contributed by atoms with Crippen LogP contribution in [0.5, 0.6) is 0 Å². The van der Waals surface area contributed by atoms with Gasteiger partial charge < -0.3 is 4.57 Å². The molecule has 1 heteroatoms. The van der Waals surface area contributed by atoms with Crippen LogP contribution in [0.4, 0.5) is 0 Å². The average molecular weight is 201 g/mol. The summed E-state index contributed by atoms with van der Waals surface area (Å²) in [4.78, 5) is 0. The lowest BCUT2D eigenvalue weighted by Gasteiger charge is -2.07. The zero-order valence-electron chi connectivity index (χ0n) is 10.0. The monoisotopic (exact) mass is 201 g/mol. The fourth-order valence-corrected chi connectivity index (χ4v) is 2.26. The normalized spacial score (nSPS) is 13.3. The zero-order chi connectivity index (χ0) is 11.0. The van der Waals surface area contributed by atoms with Crippen LogP contribution in [0.2, 0.25) is 0 Å². The predicted octanol–water partition coefficient (Wildman–Crippen LogP) is 4.00. The van der Waals surface area contributed by atoms with E-state index in [0.29, 0.717) is 5.92 Å². The minimum absolute atomic E-state index is 0.648. The highest BCUT2D eigenvalue weighted by atomic mass is 14.9. The molecule has 0 spiro atoms. The first kappa shape index (κ1) is 10.3. The fraction of sp³-hybridized carbons (Fsp3) is 0.429. The van der Waals surface area contributed by atoms with Gasteiger partial charge in [0.05, 0.1) is 0 Å². The van der Waals surface area contributed by atoms with Crippen LogP contribution in [0, 0.1) is 6.92 Å². The molecule has 1 aromatic heterocycles. The highest BCUT2D eigenvalue weighted by Crippen LogP contribution is 2.31. The molecule has 80 valence electrons. The summed E-state index contributed by atoms with van der Waals surface area (Å²) in [6, 6.07) is 6.54. The molecule has 2 aromatic rings. The first-order valence-corrected chi connectivity index (χ1v) is 5.69. The van der Waals surface area contributed by atoms with E-state index < -0.39 is 0 Å². The molecular formula is C14H19N. The summed E-state index contributed by atoms with van der Waals surface area (Å²) >= 11 is 0. The van der Waals surface area contributed by atoms with E-state index in [9.17, 15) is 0 Å². The minimum atomic E-state index is 0.648. The highest BCUT2D eigenvalue weighted by Gasteiger charge is 2.12. The largest absolute Gasteiger partial charge is 0.350 e. The Hall–Kier alpha value is -1.24. The number of rotatable bonds is 2. The summed E-state index contributed by atoms with van der Waals surface area (Å²) in [5.41, 5.74) is 4.24. The van der Waals surface area contributed by atoms with Crippen LogP contribution in [-0.4, -0.2) is 4.57 Å². The lowest BCUT2D eigenvalue weighted by molar-refractivity contribution is 0.734. The Bertz CT molecular complexity index is 479. The topological polar surface area (TPSA) is 4.93 Å². The third kappa shape index (κ3) is 1.56. The molecule has 1 aromatic carbocycles. The third-order valence-corrected chi connectivity index (χ3v) is 3.40. The van der Waals surface area contributed by atoms with Gasteiger partial charge in [0.15, 0.2) is 0 Å². The zero-order valence-corrected chi connectivity index (χ0v) is 10.0. The second-order valence-corrected chi connectivity index (χ2v) is 4.47. The molecule has 0 bridgehead atoms. The van der Waals surface area contributed by atoms with Crippen molar-refractivity contribution in [2.24, 2.45) is 7.05 Å². The smallest absolute Gasteiger partial charge is 0.0483 e. The Morgan fingerprint density at radius 1 is 1.33 bits per heavy atom. The molecule has 15 heavy (non-hydrogen) atoms. The van der Waals surface area contributed by atoms with Crippen LogP contribution in [0.25, 0.3) is 10.9 Å². The van der Waals surface area contributed by atoms with Crippen molar-refractivity contribution in [3.8, 4) is 0 Å². The van der Waals surface area contributed by atoms with E-state index in [-0.39, 0.29) is 0 Å². The van der Waals surface area contributed by atoms with E-state index in [1.165, 1.54) is 28.5 Å². The second kappa shape index (κ2) is 3.73. The summed E-state index contributed by atoms with van der Waals surface area (Å²) in [6.45, 7) is 6.76. The van der Waals surface area contributed by atoms with Crippen LogP contribution in [0.1, 0.15) is 37.3 Å². The lowest BCUT2D eigenvalue weighted by Crippen LogP contribution is -1.90. The first-order valence-electron chi connectivity index (χ1n) is 5.69. The molecule has 0 saturated carbocycles. The van der Waals surface area contributed by atoms with Crippen LogP contribution >= 0.6 is 0 Å². The molecule has 1 unspecified atom stereocenters. The Balaban J connectivity index is 2.75. The Kier molecular flexibility index (Phi) is 2.56. The van der Waals surface area contributed by atoms with Gasteiger partial charge in [-0.15, -0.1) is 0 Å². The van der Waals surface area contributed by atoms with Crippen molar-refractivity contribution in [3.63, 3.8) is 0 Å². The Morgan fingerprint density at radius 2 is 2.07 bits per heavy atom. The number of benzene rings is 1. The summed E-state index contributed by atoms with van der Waals surface area (Å²) in [7, 11) is 2.13. The molecule has 1 heterocycles. The molecular weight excluding hydrogens is 182 g/mol. The summed E-state index contributed by atoms with van der Waals surface area (Å²) in [5.74, 6) is 0.648. The van der Waals surface area contributed by atoms with E-state index in [2.05, 4.69) is 56.8 Å². The number of hydrogen-bond acceptors (Lipinski definition) is 0. The number of nitrogens with zero attached hydrogens (tertiary/aromatic N) is 1. The molecule has 0 fully saturated rings. The highest BCUT2D eigenvalue weighted by molar-refractivity contribution is 5.87. The number of hydrogen-bond donors (Lipinski definition) is 0. The van der Waals surface area contributed by atoms with Gasteiger partial charge in [0.25, 0.3) is 0 Å². The van der Waals surface area contributed by atoms with Crippen molar-refractivity contribution in [1.82, 2.24) is 4.57 Å². The second-order valence-electron chi connectivity index (χ2n) is 4.47. The quantitative estimate of drug-likeness (QED) is 0.692. The van der Waals surface area contributed by atoms with Gasteiger partial charge in [-0.25, -0.2) is 0 Å². The van der Waals surface area contributed by atoms with Crippen molar-refractivity contribution in [2.45, 2.75) is 33.1 Å². The number of fused-ring (bicyclic) bond motifs is 1. The number of aryl methyl sites for hydroxylation is 2. The van der Waals surface area contributed by atoms with Crippen LogP contribution in [0.3, 0.4) is 0 Å². The minimum Gasteiger partial charge on any atom is -0.350 e. The Labute approximate surface area is 91.7 Å².